The van der Waals surface area contributed by atoms with Crippen molar-refractivity contribution < 1.29 is 9.47 Å². The second kappa shape index (κ2) is 8.39. The Labute approximate surface area is 151 Å². The van der Waals surface area contributed by atoms with Gasteiger partial charge in [0.25, 0.3) is 0 Å². The van der Waals surface area contributed by atoms with Gasteiger partial charge in [-0.1, -0.05) is 43.3 Å². The first-order chi connectivity index (χ1) is 12.3. The van der Waals surface area contributed by atoms with Gasteiger partial charge in [0.05, 0.1) is 14.2 Å². The zero-order valence-corrected chi connectivity index (χ0v) is 15.6. The maximum atomic E-state index is 5.54. The molecule has 0 amide bonds. The largest absolute Gasteiger partial charge is 0.493 e. The van der Waals surface area contributed by atoms with Crippen LogP contribution in [-0.4, -0.2) is 38.8 Å². The van der Waals surface area contributed by atoms with E-state index in [1.807, 2.05) is 6.07 Å². The average molecular weight is 339 g/mol. The zero-order valence-electron chi connectivity index (χ0n) is 15.6. The smallest absolute Gasteiger partial charge is 0.160 e. The fourth-order valence-electron chi connectivity index (χ4n) is 4.06. The molecule has 0 aromatic heterocycles. The second-order valence-corrected chi connectivity index (χ2v) is 6.83. The Morgan fingerprint density at radius 3 is 2.36 bits per heavy atom. The lowest BCUT2D eigenvalue weighted by atomic mass is 9.76. The maximum Gasteiger partial charge on any atom is 0.160 e. The third-order valence-corrected chi connectivity index (χ3v) is 5.30. The molecule has 1 heterocycles. The highest BCUT2D eigenvalue weighted by Gasteiger charge is 2.31. The van der Waals surface area contributed by atoms with Crippen molar-refractivity contribution in [2.24, 2.45) is 0 Å². The lowest BCUT2D eigenvalue weighted by molar-refractivity contribution is 0.189. The quantitative estimate of drug-likeness (QED) is 0.762. The highest BCUT2D eigenvalue weighted by Crippen LogP contribution is 2.42. The highest BCUT2D eigenvalue weighted by atomic mass is 16.5. The number of ether oxygens (including phenoxy) is 2. The lowest BCUT2D eigenvalue weighted by Crippen LogP contribution is -2.38. The van der Waals surface area contributed by atoms with Gasteiger partial charge in [0.15, 0.2) is 11.5 Å². The number of methoxy groups -OCH3 is 2. The van der Waals surface area contributed by atoms with E-state index in [4.69, 9.17) is 9.47 Å². The molecule has 134 valence electrons. The lowest BCUT2D eigenvalue weighted by Gasteiger charge is -2.39. The highest BCUT2D eigenvalue weighted by molar-refractivity contribution is 5.45. The van der Waals surface area contributed by atoms with Crippen LogP contribution in [0.1, 0.15) is 42.7 Å². The van der Waals surface area contributed by atoms with Gasteiger partial charge >= 0.3 is 0 Å². The third kappa shape index (κ3) is 3.98. The van der Waals surface area contributed by atoms with Crippen molar-refractivity contribution in [1.82, 2.24) is 4.90 Å². The SMILES string of the molecule is CCCN1CC[C@H](c2ccccc2)[C@@H](c2ccc(OC)c(OC)c2)C1. The topological polar surface area (TPSA) is 21.7 Å². The van der Waals surface area contributed by atoms with E-state index in [-0.39, 0.29) is 0 Å². The van der Waals surface area contributed by atoms with Gasteiger partial charge in [0.1, 0.15) is 0 Å². The molecule has 2 atom stereocenters. The predicted octanol–water partition coefficient (Wildman–Crippen LogP) is 4.69. The average Bonchev–Trinajstić information content (AvgIpc) is 2.68. The summed E-state index contributed by atoms with van der Waals surface area (Å²) in [6.07, 6.45) is 2.40. The maximum absolute atomic E-state index is 5.54. The van der Waals surface area contributed by atoms with Crippen LogP contribution in [-0.2, 0) is 0 Å². The first-order valence-electron chi connectivity index (χ1n) is 9.26. The number of benzene rings is 2. The zero-order chi connectivity index (χ0) is 17.6. The van der Waals surface area contributed by atoms with Crippen LogP contribution < -0.4 is 9.47 Å². The molecule has 1 aliphatic rings. The van der Waals surface area contributed by atoms with E-state index in [0.717, 1.165) is 18.0 Å². The Bertz CT molecular complexity index is 671. The van der Waals surface area contributed by atoms with Crippen molar-refractivity contribution in [2.75, 3.05) is 33.9 Å². The van der Waals surface area contributed by atoms with Crippen molar-refractivity contribution in [3.63, 3.8) is 0 Å². The molecule has 0 bridgehead atoms. The summed E-state index contributed by atoms with van der Waals surface area (Å²) in [4.78, 5) is 2.60. The summed E-state index contributed by atoms with van der Waals surface area (Å²) in [5.74, 6) is 2.64. The van der Waals surface area contributed by atoms with Crippen LogP contribution in [0.25, 0.3) is 0 Å². The van der Waals surface area contributed by atoms with Crippen LogP contribution in [0.4, 0.5) is 0 Å². The van der Waals surface area contributed by atoms with Gasteiger partial charge in [-0.15, -0.1) is 0 Å². The van der Waals surface area contributed by atoms with E-state index < -0.39 is 0 Å². The van der Waals surface area contributed by atoms with Gasteiger partial charge < -0.3 is 14.4 Å². The number of nitrogens with zero attached hydrogens (tertiary/aromatic N) is 1. The summed E-state index contributed by atoms with van der Waals surface area (Å²) in [7, 11) is 3.40. The Kier molecular flexibility index (Phi) is 5.98. The van der Waals surface area contributed by atoms with Crippen LogP contribution >= 0.6 is 0 Å². The standard InChI is InChI=1S/C22H29NO2/c1-4-13-23-14-12-19(17-8-6-5-7-9-17)20(16-23)18-10-11-21(24-2)22(15-18)25-3/h5-11,15,19-20H,4,12-14,16H2,1-3H3/t19-,20-/m1/s1. The summed E-state index contributed by atoms with van der Waals surface area (Å²) in [5.41, 5.74) is 2.78. The summed E-state index contributed by atoms with van der Waals surface area (Å²) in [6.45, 7) is 5.71. The fraction of sp³-hybridized carbons (Fsp3) is 0.455. The van der Waals surface area contributed by atoms with Gasteiger partial charge in [-0.3, -0.25) is 0 Å². The molecule has 3 rings (SSSR count). The molecule has 1 fully saturated rings. The second-order valence-electron chi connectivity index (χ2n) is 6.83. The monoisotopic (exact) mass is 339 g/mol. The van der Waals surface area contributed by atoms with Gasteiger partial charge in [-0.05, 0) is 55.1 Å². The van der Waals surface area contributed by atoms with Gasteiger partial charge in [-0.2, -0.15) is 0 Å². The van der Waals surface area contributed by atoms with Crippen LogP contribution in [0.3, 0.4) is 0 Å². The van der Waals surface area contributed by atoms with Crippen LogP contribution in [0, 0.1) is 0 Å². The molecule has 0 radical (unpaired) electrons. The first kappa shape index (κ1) is 17.8. The number of likely N-dealkylation sites (tertiary alicyclic amines) is 1. The Morgan fingerprint density at radius 1 is 0.920 bits per heavy atom. The molecule has 2 aromatic rings. The first-order valence-corrected chi connectivity index (χ1v) is 9.26. The number of hydrogen-bond acceptors (Lipinski definition) is 3. The Balaban J connectivity index is 1.94. The summed E-state index contributed by atoms with van der Waals surface area (Å²) in [5, 5.41) is 0. The molecule has 3 nitrogen and oxygen atoms in total. The molecule has 1 saturated heterocycles. The van der Waals surface area contributed by atoms with Crippen molar-refractivity contribution in [1.29, 1.82) is 0 Å². The summed E-state index contributed by atoms with van der Waals surface area (Å²) >= 11 is 0. The van der Waals surface area contributed by atoms with E-state index in [1.54, 1.807) is 14.2 Å². The Morgan fingerprint density at radius 2 is 1.68 bits per heavy atom. The number of piperidine rings is 1. The van der Waals surface area contributed by atoms with Crippen LogP contribution in [0.15, 0.2) is 48.5 Å². The summed E-state index contributed by atoms with van der Waals surface area (Å²) in [6, 6.07) is 17.4. The van der Waals surface area contributed by atoms with Gasteiger partial charge in [-0.25, -0.2) is 0 Å². The van der Waals surface area contributed by atoms with Crippen molar-refractivity contribution >= 4 is 0 Å². The van der Waals surface area contributed by atoms with Crippen LogP contribution in [0.5, 0.6) is 11.5 Å². The van der Waals surface area contributed by atoms with E-state index in [1.165, 1.54) is 37.1 Å². The van der Waals surface area contributed by atoms with Gasteiger partial charge in [0, 0.05) is 12.5 Å². The van der Waals surface area contributed by atoms with E-state index in [0.29, 0.717) is 11.8 Å². The van der Waals surface area contributed by atoms with Crippen LogP contribution in [0.2, 0.25) is 0 Å². The minimum atomic E-state index is 0.475. The molecule has 0 saturated carbocycles. The fourth-order valence-corrected chi connectivity index (χ4v) is 4.06. The van der Waals surface area contributed by atoms with Crippen molar-refractivity contribution in [2.45, 2.75) is 31.6 Å². The number of rotatable bonds is 6. The molecule has 0 N–H and O–H groups in total. The van der Waals surface area contributed by atoms with Crippen molar-refractivity contribution in [3.8, 4) is 11.5 Å². The molecule has 3 heteroatoms. The summed E-state index contributed by atoms with van der Waals surface area (Å²) < 4.78 is 11.0. The van der Waals surface area contributed by atoms with Crippen molar-refractivity contribution in [3.05, 3.63) is 59.7 Å². The van der Waals surface area contributed by atoms with Gasteiger partial charge in [0.2, 0.25) is 0 Å². The van der Waals surface area contributed by atoms with E-state index in [2.05, 4.69) is 54.3 Å². The number of hydrogen-bond donors (Lipinski definition) is 0. The molecular weight excluding hydrogens is 310 g/mol. The van der Waals surface area contributed by atoms with E-state index >= 15 is 0 Å². The molecule has 0 spiro atoms. The molecule has 1 aliphatic heterocycles. The molecule has 0 unspecified atom stereocenters. The Hall–Kier alpha value is -2.00. The predicted molar refractivity (Wildman–Crippen MR) is 103 cm³/mol. The normalized spacial score (nSPS) is 21.1. The molecular formula is C22H29NO2. The molecule has 2 aromatic carbocycles. The molecule has 0 aliphatic carbocycles. The third-order valence-electron chi connectivity index (χ3n) is 5.30. The van der Waals surface area contributed by atoms with E-state index in [9.17, 15) is 0 Å². The molecule has 25 heavy (non-hydrogen) atoms. The minimum Gasteiger partial charge on any atom is -0.493 e. The minimum absolute atomic E-state index is 0.475.